The lowest BCUT2D eigenvalue weighted by atomic mass is 9.75. The lowest BCUT2D eigenvalue weighted by Gasteiger charge is -2.32. The molecule has 0 aromatic carbocycles. The molecule has 3 nitrogen and oxygen atoms in total. The smallest absolute Gasteiger partial charge is 0.403 e. The molecule has 2 rings (SSSR count). The van der Waals surface area contributed by atoms with E-state index < -0.39 is 0 Å². The highest BCUT2D eigenvalue weighted by molar-refractivity contribution is 6.45. The standard InChI is InChI=1S/C12H24BNO2/c1-11(2)12(3,4)16-13(15-11)8-10-6-5-7-14-9-10/h10,14H,5-9H2,1-4H3. The summed E-state index contributed by atoms with van der Waals surface area (Å²) >= 11 is 0. The Labute approximate surface area is 99.4 Å². The maximum atomic E-state index is 6.02. The predicted octanol–water partition coefficient (Wildman–Crippen LogP) is 2.08. The number of hydrogen-bond acceptors (Lipinski definition) is 3. The van der Waals surface area contributed by atoms with Gasteiger partial charge in [-0.05, 0) is 65.9 Å². The van der Waals surface area contributed by atoms with Crippen molar-refractivity contribution < 1.29 is 9.31 Å². The normalized spacial score (nSPS) is 33.0. The molecule has 0 saturated carbocycles. The summed E-state index contributed by atoms with van der Waals surface area (Å²) in [6.07, 6.45) is 3.61. The summed E-state index contributed by atoms with van der Waals surface area (Å²) in [7, 11) is -0.0186. The van der Waals surface area contributed by atoms with Crippen LogP contribution in [0.1, 0.15) is 40.5 Å². The SMILES string of the molecule is CC1(C)OB(CC2CCCNC2)OC1(C)C. The predicted molar refractivity (Wildman–Crippen MR) is 66.5 cm³/mol. The molecular formula is C12H24BNO2. The molecule has 0 bridgehead atoms. The third-order valence-corrected chi connectivity index (χ3v) is 4.23. The first-order valence-electron chi connectivity index (χ1n) is 6.47. The van der Waals surface area contributed by atoms with E-state index in [1.54, 1.807) is 0 Å². The summed E-state index contributed by atoms with van der Waals surface area (Å²) in [6, 6.07) is 0. The molecular weight excluding hydrogens is 201 g/mol. The molecule has 92 valence electrons. The highest BCUT2D eigenvalue weighted by atomic mass is 16.7. The third-order valence-electron chi connectivity index (χ3n) is 4.23. The van der Waals surface area contributed by atoms with E-state index in [-0.39, 0.29) is 18.3 Å². The van der Waals surface area contributed by atoms with Crippen molar-refractivity contribution >= 4 is 7.12 Å². The molecule has 2 saturated heterocycles. The van der Waals surface area contributed by atoms with Crippen LogP contribution in [0.5, 0.6) is 0 Å². The van der Waals surface area contributed by atoms with Gasteiger partial charge in [-0.2, -0.15) is 0 Å². The van der Waals surface area contributed by atoms with Gasteiger partial charge >= 0.3 is 7.12 Å². The Morgan fingerprint density at radius 3 is 2.31 bits per heavy atom. The van der Waals surface area contributed by atoms with Gasteiger partial charge in [0.2, 0.25) is 0 Å². The molecule has 1 atom stereocenters. The summed E-state index contributed by atoms with van der Waals surface area (Å²) in [6.45, 7) is 10.8. The molecule has 1 N–H and O–H groups in total. The van der Waals surface area contributed by atoms with Crippen molar-refractivity contribution in [1.82, 2.24) is 5.32 Å². The fourth-order valence-corrected chi connectivity index (χ4v) is 2.46. The van der Waals surface area contributed by atoms with Gasteiger partial charge in [0.15, 0.2) is 0 Å². The van der Waals surface area contributed by atoms with Crippen LogP contribution in [-0.2, 0) is 9.31 Å². The minimum absolute atomic E-state index is 0.0186. The summed E-state index contributed by atoms with van der Waals surface area (Å²) in [5.41, 5.74) is -0.362. The van der Waals surface area contributed by atoms with Crippen molar-refractivity contribution in [1.29, 1.82) is 0 Å². The van der Waals surface area contributed by atoms with Crippen LogP contribution in [0.2, 0.25) is 6.32 Å². The van der Waals surface area contributed by atoms with E-state index >= 15 is 0 Å². The van der Waals surface area contributed by atoms with E-state index in [1.165, 1.54) is 19.4 Å². The monoisotopic (exact) mass is 225 g/mol. The lowest BCUT2D eigenvalue weighted by molar-refractivity contribution is 0.00578. The highest BCUT2D eigenvalue weighted by Gasteiger charge is 2.51. The quantitative estimate of drug-likeness (QED) is 0.730. The second kappa shape index (κ2) is 4.32. The average Bonchev–Trinajstić information content (AvgIpc) is 2.36. The highest BCUT2D eigenvalue weighted by Crippen LogP contribution is 2.38. The Morgan fingerprint density at radius 2 is 1.81 bits per heavy atom. The molecule has 2 aliphatic heterocycles. The number of piperidine rings is 1. The minimum Gasteiger partial charge on any atom is -0.403 e. The molecule has 0 aromatic rings. The van der Waals surface area contributed by atoms with Gasteiger partial charge in [0, 0.05) is 0 Å². The number of hydrogen-bond donors (Lipinski definition) is 1. The molecule has 0 spiro atoms. The fourth-order valence-electron chi connectivity index (χ4n) is 2.46. The maximum absolute atomic E-state index is 6.02. The van der Waals surface area contributed by atoms with Crippen LogP contribution < -0.4 is 5.32 Å². The van der Waals surface area contributed by atoms with E-state index in [2.05, 4.69) is 33.0 Å². The first-order valence-corrected chi connectivity index (χ1v) is 6.47. The fraction of sp³-hybridized carbons (Fsp3) is 1.00. The third kappa shape index (κ3) is 2.44. The molecule has 0 radical (unpaired) electrons. The van der Waals surface area contributed by atoms with E-state index in [9.17, 15) is 0 Å². The van der Waals surface area contributed by atoms with Crippen molar-refractivity contribution in [3.8, 4) is 0 Å². The van der Waals surface area contributed by atoms with Crippen LogP contribution in [0.3, 0.4) is 0 Å². The Balaban J connectivity index is 1.88. The van der Waals surface area contributed by atoms with Crippen molar-refractivity contribution in [2.24, 2.45) is 5.92 Å². The van der Waals surface area contributed by atoms with E-state index in [0.29, 0.717) is 5.92 Å². The van der Waals surface area contributed by atoms with Gasteiger partial charge in [-0.3, -0.25) is 0 Å². The van der Waals surface area contributed by atoms with Crippen molar-refractivity contribution in [3.05, 3.63) is 0 Å². The van der Waals surface area contributed by atoms with Gasteiger partial charge in [-0.25, -0.2) is 0 Å². The summed E-state index contributed by atoms with van der Waals surface area (Å²) in [4.78, 5) is 0. The van der Waals surface area contributed by atoms with E-state index in [0.717, 1.165) is 12.9 Å². The Hall–Kier alpha value is -0.0551. The summed E-state index contributed by atoms with van der Waals surface area (Å²) in [5, 5.41) is 3.44. The first kappa shape index (κ1) is 12.4. The zero-order valence-corrected chi connectivity index (χ0v) is 11.0. The van der Waals surface area contributed by atoms with Crippen LogP contribution in [0.25, 0.3) is 0 Å². The molecule has 4 heteroatoms. The van der Waals surface area contributed by atoms with Gasteiger partial charge in [0.25, 0.3) is 0 Å². The van der Waals surface area contributed by atoms with Gasteiger partial charge in [0.1, 0.15) is 0 Å². The largest absolute Gasteiger partial charge is 0.458 e. The number of nitrogens with one attached hydrogen (secondary N) is 1. The maximum Gasteiger partial charge on any atom is 0.458 e. The van der Waals surface area contributed by atoms with Gasteiger partial charge in [0.05, 0.1) is 11.2 Å². The zero-order chi connectivity index (χ0) is 11.8. The summed E-state index contributed by atoms with van der Waals surface area (Å²) < 4.78 is 12.0. The molecule has 1 unspecified atom stereocenters. The minimum atomic E-state index is -0.181. The molecule has 2 heterocycles. The molecule has 0 aliphatic carbocycles. The zero-order valence-electron chi connectivity index (χ0n) is 11.0. The van der Waals surface area contributed by atoms with Crippen LogP contribution in [0.15, 0.2) is 0 Å². The molecule has 0 aromatic heterocycles. The van der Waals surface area contributed by atoms with E-state index in [4.69, 9.17) is 9.31 Å². The van der Waals surface area contributed by atoms with Gasteiger partial charge in [-0.1, -0.05) is 0 Å². The Kier molecular flexibility index (Phi) is 3.35. The first-order chi connectivity index (χ1) is 7.41. The lowest BCUT2D eigenvalue weighted by Crippen LogP contribution is -2.41. The van der Waals surface area contributed by atoms with Crippen molar-refractivity contribution in [2.45, 2.75) is 58.1 Å². The number of rotatable bonds is 2. The van der Waals surface area contributed by atoms with Gasteiger partial charge in [-0.15, -0.1) is 0 Å². The topological polar surface area (TPSA) is 30.5 Å². The van der Waals surface area contributed by atoms with Crippen molar-refractivity contribution in [3.63, 3.8) is 0 Å². The average molecular weight is 225 g/mol. The van der Waals surface area contributed by atoms with Crippen LogP contribution in [0, 0.1) is 5.92 Å². The van der Waals surface area contributed by atoms with Crippen LogP contribution in [-0.4, -0.2) is 31.4 Å². The second-order valence-corrected chi connectivity index (χ2v) is 6.13. The summed E-state index contributed by atoms with van der Waals surface area (Å²) in [5.74, 6) is 0.712. The van der Waals surface area contributed by atoms with Crippen LogP contribution in [0.4, 0.5) is 0 Å². The van der Waals surface area contributed by atoms with E-state index in [1.807, 2.05) is 0 Å². The van der Waals surface area contributed by atoms with Crippen LogP contribution >= 0.6 is 0 Å². The van der Waals surface area contributed by atoms with Crippen molar-refractivity contribution in [2.75, 3.05) is 13.1 Å². The van der Waals surface area contributed by atoms with Gasteiger partial charge < -0.3 is 14.6 Å². The second-order valence-electron chi connectivity index (χ2n) is 6.13. The Morgan fingerprint density at radius 1 is 1.19 bits per heavy atom. The molecule has 0 amide bonds. The molecule has 2 fully saturated rings. The Bertz CT molecular complexity index is 233. The molecule has 2 aliphatic rings. The molecule has 16 heavy (non-hydrogen) atoms.